The Balaban J connectivity index is 0.000001000. The molecule has 0 aliphatic rings. The average Bonchev–Trinajstić information content (AvgIpc) is 2.05. The van der Waals surface area contributed by atoms with Crippen LogP contribution in [0.2, 0.25) is 0 Å². The molecule has 63 valence electrons. The topological polar surface area (TPSA) is 37.3 Å². The van der Waals surface area contributed by atoms with Gasteiger partial charge in [-0.05, 0) is 0 Å². The first-order valence-corrected chi connectivity index (χ1v) is 3.03. The molecule has 2 nitrogen and oxygen atoms in total. The zero-order chi connectivity index (χ0) is 7.40. The van der Waals surface area contributed by atoms with Gasteiger partial charge in [0.1, 0.15) is 6.61 Å². The second kappa shape index (κ2) is 5.08. The minimum Gasteiger partial charge on any atom is -0.388 e. The van der Waals surface area contributed by atoms with Gasteiger partial charge in [0.15, 0.2) is 5.78 Å². The molecule has 0 aliphatic carbocycles. The van der Waals surface area contributed by atoms with Crippen LogP contribution in [-0.2, 0) is 17.1 Å². The van der Waals surface area contributed by atoms with E-state index in [1.54, 1.807) is 24.3 Å². The Hall–Kier alpha value is -0.631. The number of ketones is 1. The molecule has 3 heteroatoms. The fourth-order valence-corrected chi connectivity index (χ4v) is 0.715. The van der Waals surface area contributed by atoms with Crippen molar-refractivity contribution in [1.82, 2.24) is 0 Å². The van der Waals surface area contributed by atoms with E-state index in [4.69, 9.17) is 5.11 Å². The monoisotopic (exact) mass is 199 g/mol. The third-order valence-electron chi connectivity index (χ3n) is 1.24. The number of carbonyl (C=O) groups excluding carboxylic acids is 1. The minimum atomic E-state index is -0.413. The number of hydrogen-bond donors (Lipinski definition) is 1. The van der Waals surface area contributed by atoms with Crippen LogP contribution >= 0.6 is 0 Å². The van der Waals surface area contributed by atoms with Gasteiger partial charge in [0.05, 0.1) is 0 Å². The third kappa shape index (κ3) is 2.85. The first kappa shape index (κ1) is 10.4. The van der Waals surface area contributed by atoms with Crippen molar-refractivity contribution >= 4 is 5.78 Å². The van der Waals surface area contributed by atoms with E-state index in [0.29, 0.717) is 5.56 Å². The summed E-state index contributed by atoms with van der Waals surface area (Å²) in [6.45, 7) is -0.413. The Morgan fingerprint density at radius 2 is 1.82 bits per heavy atom. The molecule has 11 heavy (non-hydrogen) atoms. The molecule has 1 N–H and O–H groups in total. The summed E-state index contributed by atoms with van der Waals surface area (Å²) < 4.78 is 0. The van der Waals surface area contributed by atoms with E-state index in [-0.39, 0.29) is 22.9 Å². The van der Waals surface area contributed by atoms with Crippen molar-refractivity contribution in [3.63, 3.8) is 0 Å². The van der Waals surface area contributed by atoms with E-state index in [2.05, 4.69) is 0 Å². The van der Waals surface area contributed by atoms with Crippen LogP contribution in [0.3, 0.4) is 0 Å². The number of Topliss-reactive ketones (excluding diaryl/α,β-unsaturated/α-hetero) is 1. The molecule has 0 spiro atoms. The Morgan fingerprint density at radius 1 is 1.27 bits per heavy atom. The molecule has 0 aromatic heterocycles. The number of benzene rings is 1. The molecule has 0 saturated carbocycles. The van der Waals surface area contributed by atoms with Crippen LogP contribution in [0.1, 0.15) is 10.4 Å². The summed E-state index contributed by atoms with van der Waals surface area (Å²) in [4.78, 5) is 10.8. The second-order valence-corrected chi connectivity index (χ2v) is 1.95. The van der Waals surface area contributed by atoms with Crippen LogP contribution < -0.4 is 0 Å². The van der Waals surface area contributed by atoms with E-state index in [1.165, 1.54) is 0 Å². The molecule has 0 unspecified atom stereocenters. The summed E-state index contributed by atoms with van der Waals surface area (Å²) in [5.74, 6) is -0.236. The number of hydrogen-bond acceptors (Lipinski definition) is 2. The van der Waals surface area contributed by atoms with Gasteiger partial charge >= 0.3 is 0 Å². The fraction of sp³-hybridized carbons (Fsp3) is 0.125. The number of aliphatic hydroxyl groups is 1. The maximum atomic E-state index is 10.8. The summed E-state index contributed by atoms with van der Waals surface area (Å²) in [5, 5.41) is 8.44. The zero-order valence-corrected chi connectivity index (χ0v) is 6.69. The quantitative estimate of drug-likeness (QED) is 0.567. The maximum absolute atomic E-state index is 10.8. The van der Waals surface area contributed by atoms with Crippen molar-refractivity contribution in [1.29, 1.82) is 0 Å². The van der Waals surface area contributed by atoms with Crippen molar-refractivity contribution in [2.75, 3.05) is 6.61 Å². The molecule has 1 aromatic rings. The van der Waals surface area contributed by atoms with Gasteiger partial charge in [-0.2, -0.15) is 0 Å². The minimum absolute atomic E-state index is 0. The molecule has 0 bridgehead atoms. The fourth-order valence-electron chi connectivity index (χ4n) is 0.715. The molecule has 0 saturated heterocycles. The zero-order valence-electron chi connectivity index (χ0n) is 5.75. The van der Waals surface area contributed by atoms with Crippen molar-refractivity contribution in [2.45, 2.75) is 0 Å². The van der Waals surface area contributed by atoms with Gasteiger partial charge in [-0.15, -0.1) is 0 Å². The summed E-state index contributed by atoms with van der Waals surface area (Å²) in [5.41, 5.74) is 0.560. The SMILES string of the molecule is O=C(CO)c1ccccc1.[Cu]. The van der Waals surface area contributed by atoms with E-state index in [0.717, 1.165) is 0 Å². The summed E-state index contributed by atoms with van der Waals surface area (Å²) in [6, 6.07) is 8.72. The Morgan fingerprint density at radius 3 is 2.27 bits per heavy atom. The smallest absolute Gasteiger partial charge is 0.188 e. The Labute approximate surface area is 75.7 Å². The van der Waals surface area contributed by atoms with Crippen LogP contribution in [0, 0.1) is 0 Å². The summed E-state index contributed by atoms with van der Waals surface area (Å²) >= 11 is 0. The molecule has 0 amide bonds. The third-order valence-corrected chi connectivity index (χ3v) is 1.24. The van der Waals surface area contributed by atoms with E-state index < -0.39 is 6.61 Å². The molecule has 0 fully saturated rings. The van der Waals surface area contributed by atoms with Crippen LogP contribution in [0.15, 0.2) is 30.3 Å². The number of aliphatic hydroxyl groups excluding tert-OH is 1. The van der Waals surface area contributed by atoms with E-state index >= 15 is 0 Å². The van der Waals surface area contributed by atoms with Gasteiger partial charge in [0.2, 0.25) is 0 Å². The first-order valence-electron chi connectivity index (χ1n) is 3.03. The van der Waals surface area contributed by atoms with Crippen molar-refractivity contribution in [3.8, 4) is 0 Å². The van der Waals surface area contributed by atoms with Gasteiger partial charge in [-0.25, -0.2) is 0 Å². The normalized spacial score (nSPS) is 8.45. The largest absolute Gasteiger partial charge is 0.388 e. The van der Waals surface area contributed by atoms with Gasteiger partial charge in [0.25, 0.3) is 0 Å². The van der Waals surface area contributed by atoms with Crippen LogP contribution in [0.4, 0.5) is 0 Å². The van der Waals surface area contributed by atoms with Gasteiger partial charge in [-0.1, -0.05) is 30.3 Å². The average molecular weight is 200 g/mol. The van der Waals surface area contributed by atoms with Gasteiger partial charge in [-0.3, -0.25) is 4.79 Å². The molecule has 0 atom stereocenters. The predicted octanol–water partition coefficient (Wildman–Crippen LogP) is 0.859. The number of carbonyl (C=O) groups is 1. The van der Waals surface area contributed by atoms with Crippen molar-refractivity contribution in [2.24, 2.45) is 0 Å². The second-order valence-electron chi connectivity index (χ2n) is 1.95. The first-order chi connectivity index (χ1) is 4.84. The Kier molecular flexibility index (Phi) is 4.79. The maximum Gasteiger partial charge on any atom is 0.188 e. The summed E-state index contributed by atoms with van der Waals surface area (Å²) in [6.07, 6.45) is 0. The molecule has 1 radical (unpaired) electrons. The molecular weight excluding hydrogens is 192 g/mol. The number of rotatable bonds is 2. The Bertz CT molecular complexity index is 221. The molecule has 0 heterocycles. The van der Waals surface area contributed by atoms with E-state index in [9.17, 15) is 4.79 Å². The molecule has 0 aliphatic heterocycles. The van der Waals surface area contributed by atoms with Crippen LogP contribution in [0.5, 0.6) is 0 Å². The van der Waals surface area contributed by atoms with Gasteiger partial charge < -0.3 is 5.11 Å². The van der Waals surface area contributed by atoms with Crippen LogP contribution in [0.25, 0.3) is 0 Å². The molecule has 1 rings (SSSR count). The molecule has 1 aromatic carbocycles. The van der Waals surface area contributed by atoms with Gasteiger partial charge in [0, 0.05) is 22.6 Å². The standard InChI is InChI=1S/C8H8O2.Cu/c9-6-8(10)7-4-2-1-3-5-7;/h1-5,9H,6H2;. The molecular formula is C8H8CuO2. The van der Waals surface area contributed by atoms with Crippen molar-refractivity contribution in [3.05, 3.63) is 35.9 Å². The predicted molar refractivity (Wildman–Crippen MR) is 37.9 cm³/mol. The van der Waals surface area contributed by atoms with E-state index in [1.807, 2.05) is 6.07 Å². The summed E-state index contributed by atoms with van der Waals surface area (Å²) in [7, 11) is 0. The van der Waals surface area contributed by atoms with Crippen LogP contribution in [-0.4, -0.2) is 17.5 Å². The van der Waals surface area contributed by atoms with Crippen molar-refractivity contribution < 1.29 is 27.0 Å².